The summed E-state index contributed by atoms with van der Waals surface area (Å²) in [6.07, 6.45) is 2.83. The van der Waals surface area contributed by atoms with Crippen molar-refractivity contribution in [2.75, 3.05) is 18.8 Å². The molecule has 0 spiro atoms. The highest BCUT2D eigenvalue weighted by Gasteiger charge is 2.31. The van der Waals surface area contributed by atoms with Crippen LogP contribution < -0.4 is 11.4 Å². The Bertz CT molecular complexity index is 1180. The number of carbonyl (C=O) groups excluding carboxylic acids is 1. The van der Waals surface area contributed by atoms with Crippen molar-refractivity contribution >= 4 is 45.5 Å². The van der Waals surface area contributed by atoms with E-state index in [2.05, 4.69) is 27.6 Å². The first-order valence-electron chi connectivity index (χ1n) is 10.3. The second kappa shape index (κ2) is 8.18. The molecule has 0 aliphatic carbocycles. The van der Waals surface area contributed by atoms with Gasteiger partial charge in [0.2, 0.25) is 0 Å². The number of pyridine rings is 1. The first kappa shape index (κ1) is 21.7. The highest BCUT2D eigenvalue weighted by Crippen LogP contribution is 2.29. The standard InChI is InChI=1S/C22H26IN5O3/c1-22(2,3)31-21(30)26-12-4-5-16(13-26)27-17-10-11-25-19(24)18(17)28(20(27)29)15-8-6-14(23)7-9-15/h6-11,16H,4-5,12-13H2,1-3H3,(H2,24,25). The predicted molar refractivity (Wildman–Crippen MR) is 129 cm³/mol. The van der Waals surface area contributed by atoms with Gasteiger partial charge in [-0.15, -0.1) is 0 Å². The minimum Gasteiger partial charge on any atom is -0.444 e. The Hall–Kier alpha value is -2.56. The molecule has 1 atom stereocenters. The number of aromatic nitrogens is 3. The molecule has 1 unspecified atom stereocenters. The second-order valence-corrected chi connectivity index (χ2v) is 10.00. The Labute approximate surface area is 194 Å². The predicted octanol–water partition coefficient (Wildman–Crippen LogP) is 3.95. The number of amides is 1. The minimum absolute atomic E-state index is 0.178. The van der Waals surface area contributed by atoms with Gasteiger partial charge in [-0.25, -0.2) is 14.6 Å². The number of anilines is 1. The van der Waals surface area contributed by atoms with Crippen LogP contribution in [0.1, 0.15) is 39.7 Å². The van der Waals surface area contributed by atoms with E-state index in [9.17, 15) is 9.59 Å². The van der Waals surface area contributed by atoms with Crippen LogP contribution in [0.4, 0.5) is 10.6 Å². The third-order valence-corrected chi connectivity index (χ3v) is 6.03. The molecule has 1 aliphatic heterocycles. The van der Waals surface area contributed by atoms with Gasteiger partial charge in [-0.3, -0.25) is 9.13 Å². The Balaban J connectivity index is 1.79. The van der Waals surface area contributed by atoms with E-state index in [0.29, 0.717) is 29.9 Å². The number of hydrogen-bond donors (Lipinski definition) is 1. The molecule has 1 saturated heterocycles. The van der Waals surface area contributed by atoms with Gasteiger partial charge in [0.1, 0.15) is 16.9 Å². The van der Waals surface area contributed by atoms with Gasteiger partial charge >= 0.3 is 11.8 Å². The summed E-state index contributed by atoms with van der Waals surface area (Å²) < 4.78 is 9.98. The smallest absolute Gasteiger partial charge is 0.410 e. The first-order valence-corrected chi connectivity index (χ1v) is 11.3. The fraction of sp³-hybridized carbons (Fsp3) is 0.409. The van der Waals surface area contributed by atoms with Gasteiger partial charge < -0.3 is 15.4 Å². The highest BCUT2D eigenvalue weighted by molar-refractivity contribution is 14.1. The van der Waals surface area contributed by atoms with Crippen molar-refractivity contribution in [3.05, 3.63) is 50.6 Å². The largest absolute Gasteiger partial charge is 0.444 e. The maximum absolute atomic E-state index is 13.6. The molecule has 3 aromatic rings. The summed E-state index contributed by atoms with van der Waals surface area (Å²) in [5, 5.41) is 0. The summed E-state index contributed by atoms with van der Waals surface area (Å²) >= 11 is 2.23. The van der Waals surface area contributed by atoms with Crippen molar-refractivity contribution in [1.29, 1.82) is 0 Å². The van der Waals surface area contributed by atoms with Crippen LogP contribution in [0.25, 0.3) is 16.7 Å². The van der Waals surface area contributed by atoms with E-state index in [0.717, 1.165) is 22.1 Å². The van der Waals surface area contributed by atoms with Gasteiger partial charge in [-0.05, 0) is 86.5 Å². The van der Waals surface area contributed by atoms with Crippen molar-refractivity contribution in [3.63, 3.8) is 0 Å². The summed E-state index contributed by atoms with van der Waals surface area (Å²) in [5.74, 6) is 0.298. The van der Waals surface area contributed by atoms with Crippen LogP contribution in [-0.4, -0.2) is 43.8 Å². The lowest BCUT2D eigenvalue weighted by atomic mass is 10.1. The molecule has 2 N–H and O–H groups in total. The summed E-state index contributed by atoms with van der Waals surface area (Å²) in [4.78, 5) is 32.2. The molecular weight excluding hydrogens is 509 g/mol. The van der Waals surface area contributed by atoms with Crippen molar-refractivity contribution in [2.24, 2.45) is 0 Å². The van der Waals surface area contributed by atoms with E-state index in [-0.39, 0.29) is 17.8 Å². The lowest BCUT2D eigenvalue weighted by Gasteiger charge is -2.34. The molecule has 1 amide bonds. The van der Waals surface area contributed by atoms with E-state index in [1.165, 1.54) is 0 Å². The molecule has 2 aromatic heterocycles. The zero-order valence-electron chi connectivity index (χ0n) is 17.8. The van der Waals surface area contributed by atoms with Gasteiger partial charge in [0.15, 0.2) is 0 Å². The third kappa shape index (κ3) is 4.28. The molecule has 1 aliphatic rings. The van der Waals surface area contributed by atoms with Gasteiger partial charge in [0, 0.05) is 22.9 Å². The molecule has 0 saturated carbocycles. The molecule has 9 heteroatoms. The number of ether oxygens (including phenoxy) is 1. The summed E-state index contributed by atoms with van der Waals surface area (Å²) in [5.41, 5.74) is 7.49. The van der Waals surface area contributed by atoms with Crippen LogP contribution in [0.2, 0.25) is 0 Å². The molecule has 4 rings (SSSR count). The van der Waals surface area contributed by atoms with Crippen molar-refractivity contribution < 1.29 is 9.53 Å². The number of piperidine rings is 1. The number of nitrogens with two attached hydrogens (primary N) is 1. The molecule has 8 nitrogen and oxygen atoms in total. The summed E-state index contributed by atoms with van der Waals surface area (Å²) in [7, 11) is 0. The van der Waals surface area contributed by atoms with E-state index < -0.39 is 5.60 Å². The monoisotopic (exact) mass is 535 g/mol. The maximum atomic E-state index is 13.6. The number of carbonyl (C=O) groups is 1. The topological polar surface area (TPSA) is 95.4 Å². The normalized spacial score (nSPS) is 17.2. The molecule has 0 radical (unpaired) electrons. The number of halogens is 1. The van der Waals surface area contributed by atoms with Crippen LogP contribution in [0.5, 0.6) is 0 Å². The fourth-order valence-corrected chi connectivity index (χ4v) is 4.39. The van der Waals surface area contributed by atoms with E-state index >= 15 is 0 Å². The van der Waals surface area contributed by atoms with Crippen LogP contribution in [-0.2, 0) is 4.74 Å². The molecule has 3 heterocycles. The third-order valence-electron chi connectivity index (χ3n) is 5.31. The van der Waals surface area contributed by atoms with Crippen molar-refractivity contribution in [1.82, 2.24) is 19.0 Å². The summed E-state index contributed by atoms with van der Waals surface area (Å²) in [6.45, 7) is 6.56. The first-order chi connectivity index (χ1) is 14.7. The SMILES string of the molecule is CC(C)(C)OC(=O)N1CCCC(n2c(=O)n(-c3ccc(I)cc3)c3c(N)nccc32)C1. The Morgan fingerprint density at radius 2 is 1.94 bits per heavy atom. The molecule has 1 aromatic carbocycles. The molecule has 31 heavy (non-hydrogen) atoms. The van der Waals surface area contributed by atoms with Gasteiger partial charge in [-0.1, -0.05) is 0 Å². The van der Waals surface area contributed by atoms with Gasteiger partial charge in [-0.2, -0.15) is 0 Å². The van der Waals surface area contributed by atoms with Crippen LogP contribution in [0.15, 0.2) is 41.3 Å². The zero-order valence-corrected chi connectivity index (χ0v) is 20.0. The number of fused-ring (bicyclic) bond motifs is 1. The minimum atomic E-state index is -0.568. The lowest BCUT2D eigenvalue weighted by Crippen LogP contribution is -2.45. The van der Waals surface area contributed by atoms with Gasteiger partial charge in [0.05, 0.1) is 17.2 Å². The average Bonchev–Trinajstić information content (AvgIpc) is 3.01. The van der Waals surface area contributed by atoms with Crippen molar-refractivity contribution in [2.45, 2.75) is 45.3 Å². The van der Waals surface area contributed by atoms with E-state index in [4.69, 9.17) is 10.5 Å². The Kier molecular flexibility index (Phi) is 5.71. The average molecular weight is 535 g/mol. The van der Waals surface area contributed by atoms with Gasteiger partial charge in [0.25, 0.3) is 0 Å². The molecule has 0 bridgehead atoms. The summed E-state index contributed by atoms with van der Waals surface area (Å²) in [6, 6.07) is 9.32. The van der Waals surface area contributed by atoms with Crippen molar-refractivity contribution in [3.8, 4) is 5.69 Å². The number of rotatable bonds is 2. The van der Waals surface area contributed by atoms with E-state index in [1.54, 1.807) is 20.2 Å². The Morgan fingerprint density at radius 3 is 2.61 bits per heavy atom. The maximum Gasteiger partial charge on any atom is 0.410 e. The number of hydrogen-bond acceptors (Lipinski definition) is 5. The highest BCUT2D eigenvalue weighted by atomic mass is 127. The fourth-order valence-electron chi connectivity index (χ4n) is 4.03. The number of benzene rings is 1. The van der Waals surface area contributed by atoms with Crippen LogP contribution in [0, 0.1) is 3.57 Å². The number of likely N-dealkylation sites (tertiary alicyclic amines) is 1. The molecule has 1 fully saturated rings. The molecular formula is C22H26IN5O3. The number of imidazole rings is 1. The quantitative estimate of drug-likeness (QED) is 0.502. The van der Waals surface area contributed by atoms with E-state index in [1.807, 2.05) is 51.1 Å². The molecule has 164 valence electrons. The van der Waals surface area contributed by atoms with Crippen LogP contribution >= 0.6 is 22.6 Å². The Morgan fingerprint density at radius 1 is 1.23 bits per heavy atom. The number of nitrogen functional groups attached to an aromatic ring is 1. The lowest BCUT2D eigenvalue weighted by molar-refractivity contribution is 0.0173. The van der Waals surface area contributed by atoms with Crippen LogP contribution in [0.3, 0.4) is 0 Å². The number of nitrogens with zero attached hydrogens (tertiary/aromatic N) is 4. The second-order valence-electron chi connectivity index (χ2n) is 8.75. The zero-order chi connectivity index (χ0) is 22.3.